The van der Waals surface area contributed by atoms with E-state index in [4.69, 9.17) is 4.74 Å². The standard InChI is InChI=1S/C20H20N2O4/c1-13-5-7-14(8-6-13)18(23)16-17(15-4-3-9-21-12-15)22(10-11-26-2)20(25)19(16)24/h3-9,12,17,23H,10-11H2,1-2H3. The third-order valence-corrected chi connectivity index (χ3v) is 4.40. The molecule has 1 aliphatic heterocycles. The minimum Gasteiger partial charge on any atom is -0.507 e. The first-order valence-electron chi connectivity index (χ1n) is 8.29. The molecule has 1 N–H and O–H groups in total. The Morgan fingerprint density at radius 1 is 1.23 bits per heavy atom. The summed E-state index contributed by atoms with van der Waals surface area (Å²) in [4.78, 5) is 30.7. The number of carbonyl (C=O) groups is 2. The number of aromatic nitrogens is 1. The van der Waals surface area contributed by atoms with E-state index in [0.717, 1.165) is 5.56 Å². The Labute approximate surface area is 151 Å². The first kappa shape index (κ1) is 17.8. The highest BCUT2D eigenvalue weighted by Gasteiger charge is 2.45. The van der Waals surface area contributed by atoms with E-state index in [-0.39, 0.29) is 24.5 Å². The fraction of sp³-hybridized carbons (Fsp3) is 0.250. The zero-order valence-electron chi connectivity index (χ0n) is 14.7. The summed E-state index contributed by atoms with van der Waals surface area (Å²) in [5.74, 6) is -1.53. The number of pyridine rings is 1. The summed E-state index contributed by atoms with van der Waals surface area (Å²) in [5.41, 5.74) is 2.26. The lowest BCUT2D eigenvalue weighted by Gasteiger charge is -2.24. The molecule has 0 radical (unpaired) electrons. The number of aryl methyl sites for hydroxylation is 1. The maximum Gasteiger partial charge on any atom is 0.295 e. The van der Waals surface area contributed by atoms with E-state index in [0.29, 0.717) is 11.1 Å². The Morgan fingerprint density at radius 3 is 2.58 bits per heavy atom. The highest BCUT2D eigenvalue weighted by molar-refractivity contribution is 6.46. The van der Waals surface area contributed by atoms with Crippen LogP contribution in [0.2, 0.25) is 0 Å². The van der Waals surface area contributed by atoms with E-state index in [2.05, 4.69) is 4.98 Å². The normalized spacial score (nSPS) is 19.2. The molecule has 1 atom stereocenters. The Bertz CT molecular complexity index is 844. The molecule has 0 bridgehead atoms. The average molecular weight is 352 g/mol. The Balaban J connectivity index is 2.14. The highest BCUT2D eigenvalue weighted by Crippen LogP contribution is 2.38. The molecule has 6 nitrogen and oxygen atoms in total. The average Bonchev–Trinajstić information content (AvgIpc) is 2.91. The monoisotopic (exact) mass is 352 g/mol. The van der Waals surface area contributed by atoms with Crippen molar-refractivity contribution in [3.05, 3.63) is 71.1 Å². The lowest BCUT2D eigenvalue weighted by molar-refractivity contribution is -0.140. The number of hydrogen-bond acceptors (Lipinski definition) is 5. The number of benzene rings is 1. The van der Waals surface area contributed by atoms with Crippen LogP contribution < -0.4 is 0 Å². The predicted octanol–water partition coefficient (Wildman–Crippen LogP) is 2.46. The minimum absolute atomic E-state index is 0.0722. The number of nitrogens with zero attached hydrogens (tertiary/aromatic N) is 2. The van der Waals surface area contributed by atoms with Gasteiger partial charge in [-0.2, -0.15) is 0 Å². The number of ketones is 1. The molecule has 0 aliphatic carbocycles. The lowest BCUT2D eigenvalue weighted by Crippen LogP contribution is -2.32. The number of aliphatic hydroxyl groups excluding tert-OH is 1. The Morgan fingerprint density at radius 2 is 1.96 bits per heavy atom. The summed E-state index contributed by atoms with van der Waals surface area (Å²) in [5, 5.41) is 10.8. The van der Waals surface area contributed by atoms with Crippen LogP contribution in [-0.2, 0) is 14.3 Å². The van der Waals surface area contributed by atoms with Gasteiger partial charge in [-0.05, 0) is 18.6 Å². The van der Waals surface area contributed by atoms with Gasteiger partial charge < -0.3 is 14.7 Å². The van der Waals surface area contributed by atoms with Gasteiger partial charge in [0.2, 0.25) is 0 Å². The molecular weight excluding hydrogens is 332 g/mol. The fourth-order valence-corrected chi connectivity index (χ4v) is 3.05. The number of likely N-dealkylation sites (tertiary alicyclic amines) is 1. The van der Waals surface area contributed by atoms with Crippen LogP contribution in [0.4, 0.5) is 0 Å². The highest BCUT2D eigenvalue weighted by atomic mass is 16.5. The van der Waals surface area contributed by atoms with Crippen molar-refractivity contribution in [2.75, 3.05) is 20.3 Å². The zero-order valence-corrected chi connectivity index (χ0v) is 14.7. The number of aliphatic hydroxyl groups is 1. The SMILES string of the molecule is COCCN1C(=O)C(=O)C(=C(O)c2ccc(C)cc2)C1c1cccnc1. The maximum atomic E-state index is 12.7. The molecule has 1 fully saturated rings. The van der Waals surface area contributed by atoms with Crippen molar-refractivity contribution in [1.82, 2.24) is 9.88 Å². The van der Waals surface area contributed by atoms with Crippen molar-refractivity contribution >= 4 is 17.4 Å². The number of amides is 1. The van der Waals surface area contributed by atoms with E-state index in [1.165, 1.54) is 12.0 Å². The number of rotatable bonds is 5. The van der Waals surface area contributed by atoms with Crippen LogP contribution in [0.1, 0.15) is 22.7 Å². The Kier molecular flexibility index (Phi) is 5.14. The van der Waals surface area contributed by atoms with Crippen LogP contribution >= 0.6 is 0 Å². The van der Waals surface area contributed by atoms with Gasteiger partial charge in [-0.3, -0.25) is 14.6 Å². The first-order chi connectivity index (χ1) is 12.5. The zero-order chi connectivity index (χ0) is 18.7. The van der Waals surface area contributed by atoms with E-state index in [1.807, 2.05) is 19.1 Å². The molecule has 1 amide bonds. The van der Waals surface area contributed by atoms with E-state index in [9.17, 15) is 14.7 Å². The topological polar surface area (TPSA) is 79.7 Å². The molecule has 2 heterocycles. The van der Waals surface area contributed by atoms with Gasteiger partial charge in [0.05, 0.1) is 18.2 Å². The molecule has 6 heteroatoms. The fourth-order valence-electron chi connectivity index (χ4n) is 3.05. The van der Waals surface area contributed by atoms with Crippen molar-refractivity contribution in [1.29, 1.82) is 0 Å². The summed E-state index contributed by atoms with van der Waals surface area (Å²) in [7, 11) is 1.53. The first-order valence-corrected chi connectivity index (χ1v) is 8.29. The third-order valence-electron chi connectivity index (χ3n) is 4.40. The van der Waals surface area contributed by atoms with Crippen molar-refractivity contribution in [3.63, 3.8) is 0 Å². The van der Waals surface area contributed by atoms with Gasteiger partial charge in [-0.25, -0.2) is 0 Å². The van der Waals surface area contributed by atoms with Crippen molar-refractivity contribution in [3.8, 4) is 0 Å². The third kappa shape index (κ3) is 3.23. The maximum absolute atomic E-state index is 12.7. The molecule has 134 valence electrons. The number of ether oxygens (including phenoxy) is 1. The molecule has 0 saturated carbocycles. The molecule has 3 rings (SSSR count). The molecule has 1 aromatic heterocycles. The van der Waals surface area contributed by atoms with Gasteiger partial charge in [0, 0.05) is 31.6 Å². The van der Waals surface area contributed by atoms with E-state index in [1.54, 1.807) is 36.7 Å². The summed E-state index contributed by atoms with van der Waals surface area (Å²) >= 11 is 0. The predicted molar refractivity (Wildman–Crippen MR) is 96.3 cm³/mol. The second-order valence-electron chi connectivity index (χ2n) is 6.14. The van der Waals surface area contributed by atoms with Crippen LogP contribution in [0.5, 0.6) is 0 Å². The molecule has 1 aliphatic rings. The summed E-state index contributed by atoms with van der Waals surface area (Å²) in [6, 6.07) is 9.97. The summed E-state index contributed by atoms with van der Waals surface area (Å²) in [6.07, 6.45) is 3.21. The van der Waals surface area contributed by atoms with Crippen LogP contribution in [0, 0.1) is 6.92 Å². The molecule has 26 heavy (non-hydrogen) atoms. The van der Waals surface area contributed by atoms with Crippen molar-refractivity contribution in [2.24, 2.45) is 0 Å². The van der Waals surface area contributed by atoms with Crippen LogP contribution in [0.15, 0.2) is 54.4 Å². The van der Waals surface area contributed by atoms with Crippen LogP contribution in [-0.4, -0.2) is 46.9 Å². The molecule has 1 aromatic carbocycles. The number of Topliss-reactive ketones (excluding diaryl/α,β-unsaturated/α-hetero) is 1. The van der Waals surface area contributed by atoms with Gasteiger partial charge >= 0.3 is 0 Å². The van der Waals surface area contributed by atoms with E-state index < -0.39 is 17.7 Å². The lowest BCUT2D eigenvalue weighted by atomic mass is 9.96. The minimum atomic E-state index is -0.701. The van der Waals surface area contributed by atoms with Crippen molar-refractivity contribution < 1.29 is 19.4 Å². The van der Waals surface area contributed by atoms with Gasteiger partial charge in [0.25, 0.3) is 11.7 Å². The van der Waals surface area contributed by atoms with Gasteiger partial charge in [-0.1, -0.05) is 35.9 Å². The smallest absolute Gasteiger partial charge is 0.295 e. The molecule has 2 aromatic rings. The van der Waals surface area contributed by atoms with Gasteiger partial charge in [0.1, 0.15) is 5.76 Å². The molecule has 0 spiro atoms. The number of methoxy groups -OCH3 is 1. The number of carbonyl (C=O) groups excluding carboxylic acids is 2. The summed E-state index contributed by atoms with van der Waals surface area (Å²) < 4.78 is 5.07. The molecular formula is C20H20N2O4. The molecule has 1 saturated heterocycles. The second-order valence-corrected chi connectivity index (χ2v) is 6.14. The number of hydrogen-bond donors (Lipinski definition) is 1. The van der Waals surface area contributed by atoms with Gasteiger partial charge in [0.15, 0.2) is 0 Å². The molecule has 1 unspecified atom stereocenters. The van der Waals surface area contributed by atoms with E-state index >= 15 is 0 Å². The van der Waals surface area contributed by atoms with Gasteiger partial charge in [-0.15, -0.1) is 0 Å². The van der Waals surface area contributed by atoms with Crippen LogP contribution in [0.3, 0.4) is 0 Å². The Hall–Kier alpha value is -2.99. The van der Waals surface area contributed by atoms with Crippen molar-refractivity contribution in [2.45, 2.75) is 13.0 Å². The second kappa shape index (κ2) is 7.49. The quantitative estimate of drug-likeness (QED) is 0.508. The summed E-state index contributed by atoms with van der Waals surface area (Å²) in [6.45, 7) is 2.46. The van der Waals surface area contributed by atoms with Crippen LogP contribution in [0.25, 0.3) is 5.76 Å². The largest absolute Gasteiger partial charge is 0.507 e.